The number of halogens is 1. The fourth-order valence-corrected chi connectivity index (χ4v) is 2.65. The zero-order valence-corrected chi connectivity index (χ0v) is 11.9. The number of nitro benzene ring substituents is 1. The Morgan fingerprint density at radius 1 is 1.30 bits per heavy atom. The second kappa shape index (κ2) is 5.05. The van der Waals surface area contributed by atoms with Crippen LogP contribution in [0.3, 0.4) is 0 Å². The standard InChI is InChI=1S/C14H10BrN3O2/c15-14-8-10(4-6-16-14)9-17-7-5-11-12(17)2-1-3-13(11)18(19)20/h1-8H,9H2. The summed E-state index contributed by atoms with van der Waals surface area (Å²) in [6.07, 6.45) is 3.60. The molecule has 0 fully saturated rings. The quantitative estimate of drug-likeness (QED) is 0.417. The zero-order chi connectivity index (χ0) is 14.1. The number of non-ortho nitro benzene ring substituents is 1. The number of aromatic nitrogens is 2. The predicted molar refractivity (Wildman–Crippen MR) is 79.6 cm³/mol. The summed E-state index contributed by atoms with van der Waals surface area (Å²) in [6, 6.07) is 10.8. The van der Waals surface area contributed by atoms with E-state index < -0.39 is 0 Å². The largest absolute Gasteiger partial charge is 0.343 e. The number of nitrogens with zero attached hydrogens (tertiary/aromatic N) is 3. The molecule has 0 saturated carbocycles. The average molecular weight is 332 g/mol. The molecule has 0 amide bonds. The number of fused-ring (bicyclic) bond motifs is 1. The van der Waals surface area contributed by atoms with E-state index in [9.17, 15) is 10.1 Å². The molecule has 0 aliphatic rings. The van der Waals surface area contributed by atoms with Gasteiger partial charge >= 0.3 is 0 Å². The first-order valence-electron chi connectivity index (χ1n) is 5.98. The van der Waals surface area contributed by atoms with Crippen LogP contribution in [-0.4, -0.2) is 14.5 Å². The summed E-state index contributed by atoms with van der Waals surface area (Å²) >= 11 is 3.34. The van der Waals surface area contributed by atoms with E-state index in [1.165, 1.54) is 6.07 Å². The predicted octanol–water partition coefficient (Wildman–Crippen LogP) is 3.76. The minimum absolute atomic E-state index is 0.136. The van der Waals surface area contributed by atoms with E-state index in [1.807, 2.05) is 29.0 Å². The van der Waals surface area contributed by atoms with Crippen molar-refractivity contribution < 1.29 is 4.92 Å². The van der Waals surface area contributed by atoms with Crippen LogP contribution in [0.25, 0.3) is 10.9 Å². The molecule has 3 aromatic rings. The Morgan fingerprint density at radius 2 is 2.15 bits per heavy atom. The minimum atomic E-state index is -0.351. The highest BCUT2D eigenvalue weighted by Gasteiger charge is 2.13. The highest BCUT2D eigenvalue weighted by molar-refractivity contribution is 9.10. The monoisotopic (exact) mass is 331 g/mol. The molecule has 0 bridgehead atoms. The van der Waals surface area contributed by atoms with Gasteiger partial charge in [0.25, 0.3) is 5.69 Å². The van der Waals surface area contributed by atoms with Gasteiger partial charge in [0, 0.05) is 25.0 Å². The molecule has 20 heavy (non-hydrogen) atoms. The first-order chi connectivity index (χ1) is 9.65. The number of nitro groups is 1. The van der Waals surface area contributed by atoms with Gasteiger partial charge < -0.3 is 4.57 Å². The van der Waals surface area contributed by atoms with E-state index in [-0.39, 0.29) is 10.6 Å². The average Bonchev–Trinajstić information content (AvgIpc) is 2.82. The van der Waals surface area contributed by atoms with Crippen LogP contribution in [0.4, 0.5) is 5.69 Å². The number of hydrogen-bond donors (Lipinski definition) is 0. The Hall–Kier alpha value is -2.21. The van der Waals surface area contributed by atoms with Crippen molar-refractivity contribution in [3.05, 3.63) is 69.1 Å². The molecule has 0 aliphatic carbocycles. The molecular weight excluding hydrogens is 322 g/mol. The molecule has 1 aromatic carbocycles. The van der Waals surface area contributed by atoms with Gasteiger partial charge in [-0.15, -0.1) is 0 Å². The van der Waals surface area contributed by atoms with Crippen molar-refractivity contribution in [3.8, 4) is 0 Å². The molecule has 100 valence electrons. The van der Waals surface area contributed by atoms with Crippen molar-refractivity contribution in [2.24, 2.45) is 0 Å². The Kier molecular flexibility index (Phi) is 3.23. The maximum atomic E-state index is 11.0. The summed E-state index contributed by atoms with van der Waals surface area (Å²) in [4.78, 5) is 14.7. The lowest BCUT2D eigenvalue weighted by molar-refractivity contribution is -0.383. The third-order valence-corrected chi connectivity index (χ3v) is 3.56. The van der Waals surface area contributed by atoms with Gasteiger partial charge in [0.1, 0.15) is 4.60 Å². The SMILES string of the molecule is O=[N+]([O-])c1cccc2c1ccn2Cc1ccnc(Br)c1. The molecule has 3 rings (SSSR count). The van der Waals surface area contributed by atoms with Crippen molar-refractivity contribution in [1.29, 1.82) is 0 Å². The summed E-state index contributed by atoms with van der Waals surface area (Å²) in [5.74, 6) is 0. The lowest BCUT2D eigenvalue weighted by Gasteiger charge is -2.06. The van der Waals surface area contributed by atoms with E-state index >= 15 is 0 Å². The van der Waals surface area contributed by atoms with Crippen molar-refractivity contribution >= 4 is 32.5 Å². The molecular formula is C14H10BrN3O2. The zero-order valence-electron chi connectivity index (χ0n) is 10.4. The molecule has 0 aliphatic heterocycles. The first kappa shape index (κ1) is 12.8. The highest BCUT2D eigenvalue weighted by Crippen LogP contribution is 2.26. The van der Waals surface area contributed by atoms with Gasteiger partial charge in [0.15, 0.2) is 0 Å². The highest BCUT2D eigenvalue weighted by atomic mass is 79.9. The van der Waals surface area contributed by atoms with Gasteiger partial charge in [-0.05, 0) is 45.8 Å². The smallest absolute Gasteiger partial charge is 0.278 e. The molecule has 2 aromatic heterocycles. The molecule has 2 heterocycles. The van der Waals surface area contributed by atoms with E-state index in [0.29, 0.717) is 11.9 Å². The van der Waals surface area contributed by atoms with Gasteiger partial charge in [-0.3, -0.25) is 10.1 Å². The van der Waals surface area contributed by atoms with Crippen molar-refractivity contribution in [3.63, 3.8) is 0 Å². The van der Waals surface area contributed by atoms with E-state index in [2.05, 4.69) is 20.9 Å². The van der Waals surface area contributed by atoms with Crippen LogP contribution in [0, 0.1) is 10.1 Å². The molecule has 0 N–H and O–H groups in total. The van der Waals surface area contributed by atoms with E-state index in [0.717, 1.165) is 15.7 Å². The van der Waals surface area contributed by atoms with Gasteiger partial charge in [0.05, 0.1) is 15.8 Å². The number of rotatable bonds is 3. The van der Waals surface area contributed by atoms with Crippen LogP contribution in [0.1, 0.15) is 5.56 Å². The molecule has 0 radical (unpaired) electrons. The van der Waals surface area contributed by atoms with Crippen molar-refractivity contribution in [2.75, 3.05) is 0 Å². The van der Waals surface area contributed by atoms with E-state index in [4.69, 9.17) is 0 Å². The molecule has 0 saturated heterocycles. The van der Waals surface area contributed by atoms with Gasteiger partial charge in [0.2, 0.25) is 0 Å². The first-order valence-corrected chi connectivity index (χ1v) is 6.77. The lowest BCUT2D eigenvalue weighted by Crippen LogP contribution is -1.98. The van der Waals surface area contributed by atoms with E-state index in [1.54, 1.807) is 18.3 Å². The van der Waals surface area contributed by atoms with Crippen LogP contribution in [0.2, 0.25) is 0 Å². The number of benzene rings is 1. The minimum Gasteiger partial charge on any atom is -0.343 e. The lowest BCUT2D eigenvalue weighted by atomic mass is 10.2. The summed E-state index contributed by atoms with van der Waals surface area (Å²) in [5.41, 5.74) is 2.07. The summed E-state index contributed by atoms with van der Waals surface area (Å²) in [5, 5.41) is 11.7. The van der Waals surface area contributed by atoms with Crippen LogP contribution in [0.5, 0.6) is 0 Å². The second-order valence-corrected chi connectivity index (χ2v) is 5.21. The Balaban J connectivity index is 2.05. The van der Waals surface area contributed by atoms with Crippen LogP contribution in [0.15, 0.2) is 53.4 Å². The topological polar surface area (TPSA) is 61.0 Å². The van der Waals surface area contributed by atoms with Crippen LogP contribution < -0.4 is 0 Å². The normalized spacial score (nSPS) is 10.8. The summed E-state index contributed by atoms with van der Waals surface area (Å²) in [6.45, 7) is 0.645. The van der Waals surface area contributed by atoms with Gasteiger partial charge in [-0.1, -0.05) is 6.07 Å². The third-order valence-electron chi connectivity index (χ3n) is 3.13. The fraction of sp³-hybridized carbons (Fsp3) is 0.0714. The summed E-state index contributed by atoms with van der Waals surface area (Å²) < 4.78 is 2.77. The van der Waals surface area contributed by atoms with Crippen LogP contribution >= 0.6 is 15.9 Å². The molecule has 0 unspecified atom stereocenters. The maximum Gasteiger partial charge on any atom is 0.278 e. The molecule has 0 spiro atoms. The Morgan fingerprint density at radius 3 is 2.90 bits per heavy atom. The second-order valence-electron chi connectivity index (χ2n) is 4.40. The molecule has 6 heteroatoms. The number of pyridine rings is 1. The molecule has 5 nitrogen and oxygen atoms in total. The van der Waals surface area contributed by atoms with Crippen molar-refractivity contribution in [1.82, 2.24) is 9.55 Å². The van der Waals surface area contributed by atoms with Gasteiger partial charge in [-0.25, -0.2) is 4.98 Å². The Bertz CT molecular complexity index is 798. The third kappa shape index (κ3) is 2.30. The Labute approximate surface area is 123 Å². The summed E-state index contributed by atoms with van der Waals surface area (Å²) in [7, 11) is 0. The maximum absolute atomic E-state index is 11.0. The molecule has 0 atom stereocenters. The van der Waals surface area contributed by atoms with Crippen LogP contribution in [-0.2, 0) is 6.54 Å². The fourth-order valence-electron chi connectivity index (χ4n) is 2.24. The van der Waals surface area contributed by atoms with Crippen molar-refractivity contribution in [2.45, 2.75) is 6.54 Å². The number of hydrogen-bond acceptors (Lipinski definition) is 3. The van der Waals surface area contributed by atoms with Gasteiger partial charge in [-0.2, -0.15) is 0 Å².